The van der Waals surface area contributed by atoms with Gasteiger partial charge in [-0.3, -0.25) is 0 Å². The minimum Gasteiger partial charge on any atom is -0.348 e. The lowest BCUT2D eigenvalue weighted by molar-refractivity contribution is -0.164. The fraction of sp³-hybridized carbons (Fsp3) is 1.00. The van der Waals surface area contributed by atoms with Crippen molar-refractivity contribution in [1.82, 2.24) is 0 Å². The Kier molecular flexibility index (Phi) is 7.72. The van der Waals surface area contributed by atoms with Crippen LogP contribution in [0.4, 0.5) is 0 Å². The smallest absolute Gasteiger partial charge is 0.168 e. The number of alkyl halides is 1. The van der Waals surface area contributed by atoms with Gasteiger partial charge in [0.15, 0.2) is 5.79 Å². The number of halogens is 1. The zero-order valence-electron chi connectivity index (χ0n) is 11.3. The standard InChI is InChI=1S/C14H27BrO2/c1-3-5-6-8-13(15)9-7-10-14(4-2)16-11-12-17-14/h13H,3-12H2,1-2H3. The molecule has 1 saturated heterocycles. The van der Waals surface area contributed by atoms with Crippen LogP contribution in [0.25, 0.3) is 0 Å². The number of hydrogen-bond acceptors (Lipinski definition) is 2. The van der Waals surface area contributed by atoms with Gasteiger partial charge in [-0.1, -0.05) is 49.0 Å². The normalized spacial score (nSPS) is 20.6. The van der Waals surface area contributed by atoms with Crippen molar-refractivity contribution in [3.8, 4) is 0 Å². The first-order valence-electron chi connectivity index (χ1n) is 7.14. The molecule has 102 valence electrons. The molecule has 0 radical (unpaired) electrons. The third-order valence-electron chi connectivity index (χ3n) is 3.55. The Morgan fingerprint density at radius 2 is 1.71 bits per heavy atom. The first-order valence-corrected chi connectivity index (χ1v) is 8.06. The van der Waals surface area contributed by atoms with E-state index < -0.39 is 0 Å². The average Bonchev–Trinajstić information content (AvgIpc) is 2.79. The molecule has 0 bridgehead atoms. The van der Waals surface area contributed by atoms with Crippen molar-refractivity contribution in [1.29, 1.82) is 0 Å². The summed E-state index contributed by atoms with van der Waals surface area (Å²) in [7, 11) is 0. The zero-order valence-corrected chi connectivity index (χ0v) is 12.9. The lowest BCUT2D eigenvalue weighted by Gasteiger charge is -2.26. The van der Waals surface area contributed by atoms with E-state index >= 15 is 0 Å². The molecule has 0 aromatic rings. The van der Waals surface area contributed by atoms with Gasteiger partial charge in [-0.25, -0.2) is 0 Å². The van der Waals surface area contributed by atoms with E-state index in [1.165, 1.54) is 38.5 Å². The fourth-order valence-corrected chi connectivity index (χ4v) is 3.02. The van der Waals surface area contributed by atoms with Gasteiger partial charge >= 0.3 is 0 Å². The quantitative estimate of drug-likeness (QED) is 0.456. The number of rotatable bonds is 9. The second-order valence-electron chi connectivity index (χ2n) is 4.95. The third-order valence-corrected chi connectivity index (χ3v) is 4.46. The number of hydrogen-bond donors (Lipinski definition) is 0. The molecule has 0 N–H and O–H groups in total. The molecule has 17 heavy (non-hydrogen) atoms. The maximum absolute atomic E-state index is 5.73. The van der Waals surface area contributed by atoms with Gasteiger partial charge < -0.3 is 9.47 Å². The second-order valence-corrected chi connectivity index (χ2v) is 6.24. The summed E-state index contributed by atoms with van der Waals surface area (Å²) in [6, 6.07) is 0. The highest BCUT2D eigenvalue weighted by atomic mass is 79.9. The zero-order chi connectivity index (χ0) is 12.6. The Labute approximate surface area is 115 Å². The fourth-order valence-electron chi connectivity index (χ4n) is 2.38. The predicted molar refractivity (Wildman–Crippen MR) is 75.6 cm³/mol. The van der Waals surface area contributed by atoms with Gasteiger partial charge in [0.1, 0.15) is 0 Å². The van der Waals surface area contributed by atoms with E-state index in [9.17, 15) is 0 Å². The molecule has 1 fully saturated rings. The molecule has 1 rings (SSSR count). The molecule has 1 atom stereocenters. The third kappa shape index (κ3) is 5.71. The molecule has 0 saturated carbocycles. The Morgan fingerprint density at radius 1 is 1.06 bits per heavy atom. The summed E-state index contributed by atoms with van der Waals surface area (Å²) in [6.45, 7) is 5.94. The maximum atomic E-state index is 5.73. The van der Waals surface area contributed by atoms with E-state index in [-0.39, 0.29) is 5.79 Å². The first-order chi connectivity index (χ1) is 8.22. The highest BCUT2D eigenvalue weighted by molar-refractivity contribution is 9.09. The lowest BCUT2D eigenvalue weighted by Crippen LogP contribution is -2.29. The van der Waals surface area contributed by atoms with Crippen LogP contribution in [0.3, 0.4) is 0 Å². The van der Waals surface area contributed by atoms with E-state index in [0.717, 1.165) is 26.1 Å². The first kappa shape index (κ1) is 15.5. The van der Waals surface area contributed by atoms with Crippen LogP contribution in [0.5, 0.6) is 0 Å². The molecule has 0 amide bonds. The Morgan fingerprint density at radius 3 is 2.29 bits per heavy atom. The highest BCUT2D eigenvalue weighted by Gasteiger charge is 2.33. The van der Waals surface area contributed by atoms with Gasteiger partial charge in [0.25, 0.3) is 0 Å². The van der Waals surface area contributed by atoms with E-state index in [1.54, 1.807) is 0 Å². The van der Waals surface area contributed by atoms with E-state index in [0.29, 0.717) is 4.83 Å². The molecular weight excluding hydrogens is 280 g/mol. The van der Waals surface area contributed by atoms with Crippen LogP contribution in [-0.4, -0.2) is 23.8 Å². The van der Waals surface area contributed by atoms with Gasteiger partial charge in [0.2, 0.25) is 0 Å². The molecule has 2 nitrogen and oxygen atoms in total. The molecule has 1 aliphatic rings. The monoisotopic (exact) mass is 306 g/mol. The van der Waals surface area contributed by atoms with Crippen LogP contribution >= 0.6 is 15.9 Å². The number of unbranched alkanes of at least 4 members (excludes halogenated alkanes) is 2. The summed E-state index contributed by atoms with van der Waals surface area (Å²) in [5.41, 5.74) is 0. The van der Waals surface area contributed by atoms with E-state index in [4.69, 9.17) is 9.47 Å². The summed E-state index contributed by atoms with van der Waals surface area (Å²) in [5.74, 6) is -0.254. The van der Waals surface area contributed by atoms with Crippen LogP contribution in [0, 0.1) is 0 Å². The van der Waals surface area contributed by atoms with Crippen LogP contribution < -0.4 is 0 Å². The van der Waals surface area contributed by atoms with Crippen LogP contribution in [0.2, 0.25) is 0 Å². The predicted octanol–water partition coefficient (Wildman–Crippen LogP) is 4.65. The molecule has 1 heterocycles. The van der Waals surface area contributed by atoms with Crippen molar-refractivity contribution in [2.75, 3.05) is 13.2 Å². The maximum Gasteiger partial charge on any atom is 0.168 e. The lowest BCUT2D eigenvalue weighted by atomic mass is 10.0. The molecule has 0 spiro atoms. The summed E-state index contributed by atoms with van der Waals surface area (Å²) >= 11 is 3.78. The second kappa shape index (κ2) is 8.49. The summed E-state index contributed by atoms with van der Waals surface area (Å²) < 4.78 is 11.5. The van der Waals surface area contributed by atoms with Crippen molar-refractivity contribution in [3.63, 3.8) is 0 Å². The minimum atomic E-state index is -0.254. The molecule has 0 aromatic heterocycles. The summed E-state index contributed by atoms with van der Waals surface area (Å²) in [4.78, 5) is 0.671. The minimum absolute atomic E-state index is 0.254. The van der Waals surface area contributed by atoms with Crippen LogP contribution in [-0.2, 0) is 9.47 Å². The SMILES string of the molecule is CCCCCC(Br)CCCC1(CC)OCCO1. The molecule has 3 heteroatoms. The van der Waals surface area contributed by atoms with Crippen molar-refractivity contribution in [2.45, 2.75) is 75.8 Å². The topological polar surface area (TPSA) is 18.5 Å². The number of ether oxygens (including phenoxy) is 2. The van der Waals surface area contributed by atoms with Gasteiger partial charge in [-0.15, -0.1) is 0 Å². The average molecular weight is 307 g/mol. The van der Waals surface area contributed by atoms with Gasteiger partial charge in [0, 0.05) is 11.2 Å². The Balaban J connectivity index is 2.09. The molecule has 1 aliphatic heterocycles. The van der Waals surface area contributed by atoms with Crippen LogP contribution in [0.15, 0.2) is 0 Å². The molecule has 0 aromatic carbocycles. The van der Waals surface area contributed by atoms with Crippen LogP contribution in [0.1, 0.15) is 65.2 Å². The molecule has 0 aliphatic carbocycles. The molecule has 1 unspecified atom stereocenters. The Bertz CT molecular complexity index is 191. The van der Waals surface area contributed by atoms with E-state index in [1.807, 2.05) is 0 Å². The molecular formula is C14H27BrO2. The summed E-state index contributed by atoms with van der Waals surface area (Å²) in [6.07, 6.45) is 9.74. The Hall–Kier alpha value is 0.400. The van der Waals surface area contributed by atoms with Crippen molar-refractivity contribution < 1.29 is 9.47 Å². The highest BCUT2D eigenvalue weighted by Crippen LogP contribution is 2.30. The van der Waals surface area contributed by atoms with Gasteiger partial charge in [0.05, 0.1) is 13.2 Å². The van der Waals surface area contributed by atoms with Gasteiger partial charge in [-0.05, 0) is 25.7 Å². The summed E-state index contributed by atoms with van der Waals surface area (Å²) in [5, 5.41) is 0. The van der Waals surface area contributed by atoms with Crippen molar-refractivity contribution in [3.05, 3.63) is 0 Å². The van der Waals surface area contributed by atoms with Gasteiger partial charge in [-0.2, -0.15) is 0 Å². The van der Waals surface area contributed by atoms with E-state index in [2.05, 4.69) is 29.8 Å². The van der Waals surface area contributed by atoms with Crippen molar-refractivity contribution in [2.24, 2.45) is 0 Å². The largest absolute Gasteiger partial charge is 0.348 e. The van der Waals surface area contributed by atoms with Crippen molar-refractivity contribution >= 4 is 15.9 Å².